The van der Waals surface area contributed by atoms with E-state index in [1.54, 1.807) is 4.90 Å². The van der Waals surface area contributed by atoms with E-state index in [0.29, 0.717) is 12.6 Å². The minimum absolute atomic E-state index is 0.202. The number of nitrogens with zero attached hydrogens (tertiary/aromatic N) is 1. The van der Waals surface area contributed by atoms with Crippen LogP contribution in [0.1, 0.15) is 25.3 Å². The first-order valence-corrected chi connectivity index (χ1v) is 8.36. The minimum Gasteiger partial charge on any atom is -0.450 e. The summed E-state index contributed by atoms with van der Waals surface area (Å²) in [7, 11) is 0. The van der Waals surface area contributed by atoms with Crippen LogP contribution in [-0.4, -0.2) is 36.7 Å². The largest absolute Gasteiger partial charge is 0.450 e. The highest BCUT2D eigenvalue weighted by Gasteiger charge is 2.23. The van der Waals surface area contributed by atoms with Gasteiger partial charge < -0.3 is 15.0 Å². The van der Waals surface area contributed by atoms with Gasteiger partial charge in [-0.15, -0.1) is 0 Å². The standard InChI is InChI=1S/C15H20BrClN2O2/c1-2-21-15(20)19-7-5-13(6-8-19)18-10-11-3-4-12(16)9-14(11)17/h3-4,9,13,18H,2,5-8,10H2,1H3. The van der Waals surface area contributed by atoms with Crippen LogP contribution in [0.3, 0.4) is 0 Å². The van der Waals surface area contributed by atoms with Gasteiger partial charge in [0.2, 0.25) is 0 Å². The molecule has 0 bridgehead atoms. The zero-order chi connectivity index (χ0) is 15.2. The number of halogens is 2. The molecular formula is C15H20BrClN2O2. The van der Waals surface area contributed by atoms with E-state index in [1.807, 2.05) is 25.1 Å². The number of nitrogens with one attached hydrogen (secondary N) is 1. The summed E-state index contributed by atoms with van der Waals surface area (Å²) >= 11 is 9.61. The van der Waals surface area contributed by atoms with Crippen LogP contribution in [0.5, 0.6) is 0 Å². The van der Waals surface area contributed by atoms with Gasteiger partial charge in [0.1, 0.15) is 0 Å². The Morgan fingerprint density at radius 1 is 1.48 bits per heavy atom. The molecule has 0 atom stereocenters. The third-order valence-electron chi connectivity index (χ3n) is 3.62. The van der Waals surface area contributed by atoms with Crippen LogP contribution in [0, 0.1) is 0 Å². The summed E-state index contributed by atoms with van der Waals surface area (Å²) in [4.78, 5) is 13.4. The second kappa shape index (κ2) is 8.01. The Bertz CT molecular complexity index is 491. The molecule has 6 heteroatoms. The second-order valence-corrected chi connectivity index (χ2v) is 6.40. The summed E-state index contributed by atoms with van der Waals surface area (Å²) in [5, 5.41) is 4.28. The van der Waals surface area contributed by atoms with Crippen LogP contribution in [-0.2, 0) is 11.3 Å². The first kappa shape index (κ1) is 16.6. The molecule has 1 aromatic carbocycles. The molecular weight excluding hydrogens is 356 g/mol. The van der Waals surface area contributed by atoms with Gasteiger partial charge in [0.25, 0.3) is 0 Å². The molecule has 1 aromatic rings. The molecule has 1 N–H and O–H groups in total. The van der Waals surface area contributed by atoms with E-state index in [0.717, 1.165) is 47.5 Å². The average molecular weight is 376 g/mol. The first-order valence-electron chi connectivity index (χ1n) is 7.19. The maximum absolute atomic E-state index is 11.6. The molecule has 2 rings (SSSR count). The van der Waals surface area contributed by atoms with E-state index >= 15 is 0 Å². The predicted molar refractivity (Wildman–Crippen MR) is 87.6 cm³/mol. The molecule has 116 valence electrons. The van der Waals surface area contributed by atoms with Gasteiger partial charge in [-0.3, -0.25) is 0 Å². The summed E-state index contributed by atoms with van der Waals surface area (Å²) in [6, 6.07) is 6.33. The Hall–Kier alpha value is -0.780. The van der Waals surface area contributed by atoms with Crippen molar-refractivity contribution in [3.63, 3.8) is 0 Å². The topological polar surface area (TPSA) is 41.6 Å². The number of hydrogen-bond donors (Lipinski definition) is 1. The predicted octanol–water partition coefficient (Wildman–Crippen LogP) is 3.81. The van der Waals surface area contributed by atoms with Crippen LogP contribution in [0.2, 0.25) is 5.02 Å². The number of carbonyl (C=O) groups excluding carboxylic acids is 1. The Morgan fingerprint density at radius 2 is 2.19 bits per heavy atom. The van der Waals surface area contributed by atoms with Crippen molar-refractivity contribution in [2.75, 3.05) is 19.7 Å². The molecule has 1 saturated heterocycles. The van der Waals surface area contributed by atoms with Crippen molar-refractivity contribution in [3.05, 3.63) is 33.3 Å². The first-order chi connectivity index (χ1) is 10.1. The van der Waals surface area contributed by atoms with Gasteiger partial charge in [0.15, 0.2) is 0 Å². The lowest BCUT2D eigenvalue weighted by molar-refractivity contribution is 0.0950. The summed E-state index contributed by atoms with van der Waals surface area (Å²) in [5.74, 6) is 0. The van der Waals surface area contributed by atoms with Crippen LogP contribution < -0.4 is 5.32 Å². The van der Waals surface area contributed by atoms with Gasteiger partial charge in [-0.25, -0.2) is 4.79 Å². The van der Waals surface area contributed by atoms with Crippen molar-refractivity contribution < 1.29 is 9.53 Å². The number of hydrogen-bond acceptors (Lipinski definition) is 3. The van der Waals surface area contributed by atoms with Crippen molar-refractivity contribution in [2.45, 2.75) is 32.4 Å². The lowest BCUT2D eigenvalue weighted by atomic mass is 10.0. The van der Waals surface area contributed by atoms with Crippen molar-refractivity contribution in [3.8, 4) is 0 Å². The zero-order valence-electron chi connectivity index (χ0n) is 12.1. The molecule has 0 unspecified atom stereocenters. The van der Waals surface area contributed by atoms with Gasteiger partial charge in [-0.1, -0.05) is 33.6 Å². The van der Waals surface area contributed by atoms with Crippen LogP contribution in [0.25, 0.3) is 0 Å². The van der Waals surface area contributed by atoms with Crippen LogP contribution in [0.4, 0.5) is 4.79 Å². The third kappa shape index (κ3) is 4.87. The molecule has 1 heterocycles. The van der Waals surface area contributed by atoms with E-state index < -0.39 is 0 Å². The smallest absolute Gasteiger partial charge is 0.409 e. The molecule has 21 heavy (non-hydrogen) atoms. The average Bonchev–Trinajstić information content (AvgIpc) is 2.47. The highest BCUT2D eigenvalue weighted by molar-refractivity contribution is 9.10. The van der Waals surface area contributed by atoms with Gasteiger partial charge >= 0.3 is 6.09 Å². The second-order valence-electron chi connectivity index (χ2n) is 5.08. The molecule has 0 aromatic heterocycles. The number of likely N-dealkylation sites (tertiary alicyclic amines) is 1. The number of benzene rings is 1. The molecule has 0 aliphatic carbocycles. The van der Waals surface area contributed by atoms with Crippen molar-refractivity contribution in [1.82, 2.24) is 10.2 Å². The minimum atomic E-state index is -0.202. The number of rotatable bonds is 4. The Balaban J connectivity index is 1.77. The monoisotopic (exact) mass is 374 g/mol. The molecule has 0 radical (unpaired) electrons. The fourth-order valence-corrected chi connectivity index (χ4v) is 3.14. The molecule has 1 aliphatic heterocycles. The Labute approximate surface area is 138 Å². The summed E-state index contributed by atoms with van der Waals surface area (Å²) < 4.78 is 6.00. The van der Waals surface area contributed by atoms with Crippen molar-refractivity contribution >= 4 is 33.6 Å². The van der Waals surface area contributed by atoms with Gasteiger partial charge in [0.05, 0.1) is 6.61 Å². The fourth-order valence-electron chi connectivity index (χ4n) is 2.40. The summed E-state index contributed by atoms with van der Waals surface area (Å²) in [6.07, 6.45) is 1.67. The summed E-state index contributed by atoms with van der Waals surface area (Å²) in [6.45, 7) is 4.48. The van der Waals surface area contributed by atoms with E-state index in [-0.39, 0.29) is 6.09 Å². The number of piperidine rings is 1. The lowest BCUT2D eigenvalue weighted by Gasteiger charge is -2.31. The highest BCUT2D eigenvalue weighted by Crippen LogP contribution is 2.22. The molecule has 1 aliphatic rings. The number of ether oxygens (including phenoxy) is 1. The van der Waals surface area contributed by atoms with Crippen LogP contribution >= 0.6 is 27.5 Å². The van der Waals surface area contributed by atoms with E-state index in [9.17, 15) is 4.79 Å². The van der Waals surface area contributed by atoms with E-state index in [4.69, 9.17) is 16.3 Å². The van der Waals surface area contributed by atoms with Gasteiger partial charge in [0, 0.05) is 35.2 Å². The van der Waals surface area contributed by atoms with Crippen molar-refractivity contribution in [1.29, 1.82) is 0 Å². The summed E-state index contributed by atoms with van der Waals surface area (Å²) in [5.41, 5.74) is 1.09. The molecule has 4 nitrogen and oxygen atoms in total. The lowest BCUT2D eigenvalue weighted by Crippen LogP contribution is -2.44. The Morgan fingerprint density at radius 3 is 2.81 bits per heavy atom. The maximum Gasteiger partial charge on any atom is 0.409 e. The normalized spacial score (nSPS) is 16.0. The van der Waals surface area contributed by atoms with Crippen LogP contribution in [0.15, 0.2) is 22.7 Å². The fraction of sp³-hybridized carbons (Fsp3) is 0.533. The maximum atomic E-state index is 11.6. The SMILES string of the molecule is CCOC(=O)N1CCC(NCc2ccc(Br)cc2Cl)CC1. The van der Waals surface area contributed by atoms with E-state index in [1.165, 1.54) is 0 Å². The molecule has 0 spiro atoms. The van der Waals surface area contributed by atoms with Crippen molar-refractivity contribution in [2.24, 2.45) is 0 Å². The van der Waals surface area contributed by atoms with Gasteiger partial charge in [-0.05, 0) is 37.5 Å². The highest BCUT2D eigenvalue weighted by atomic mass is 79.9. The number of amides is 1. The zero-order valence-corrected chi connectivity index (χ0v) is 14.4. The molecule has 1 fully saturated rings. The van der Waals surface area contributed by atoms with E-state index in [2.05, 4.69) is 21.2 Å². The molecule has 1 amide bonds. The molecule has 0 saturated carbocycles. The van der Waals surface area contributed by atoms with Gasteiger partial charge in [-0.2, -0.15) is 0 Å². The third-order valence-corrected chi connectivity index (χ3v) is 4.46. The Kier molecular flexibility index (Phi) is 6.33. The quantitative estimate of drug-likeness (QED) is 0.870. The number of carbonyl (C=O) groups is 1.